The molecule has 17 heavy (non-hydrogen) atoms. The first-order chi connectivity index (χ1) is 7.93. The zero-order chi connectivity index (χ0) is 12.6. The molecule has 0 unspecified atom stereocenters. The second-order valence-corrected chi connectivity index (χ2v) is 6.05. The Balaban J connectivity index is 2.33. The van der Waals surface area contributed by atoms with Crippen molar-refractivity contribution >= 4 is 27.5 Å². The van der Waals surface area contributed by atoms with Crippen LogP contribution in [0.25, 0.3) is 10.2 Å². The van der Waals surface area contributed by atoms with Crippen molar-refractivity contribution in [2.45, 2.75) is 33.2 Å². The highest BCUT2D eigenvalue weighted by Gasteiger charge is 2.26. The summed E-state index contributed by atoms with van der Waals surface area (Å²) >= 11 is 1.65. The Hall–Kier alpha value is -1.29. The molecule has 2 aromatic heterocycles. The summed E-state index contributed by atoms with van der Waals surface area (Å²) in [6, 6.07) is 3.95. The third-order valence-corrected chi connectivity index (χ3v) is 3.71. The highest BCUT2D eigenvalue weighted by atomic mass is 32.1. The van der Waals surface area contributed by atoms with Gasteiger partial charge in [0.25, 0.3) is 5.91 Å². The molecule has 2 heterocycles. The monoisotopic (exact) mass is 250 g/mol. The van der Waals surface area contributed by atoms with E-state index in [2.05, 4.69) is 25.8 Å². The Labute approximate surface area is 105 Å². The zero-order valence-corrected chi connectivity index (χ0v) is 11.5. The zero-order valence-electron chi connectivity index (χ0n) is 10.7. The number of carbonyl (C=O) groups excluding carboxylic acids is 1. The second-order valence-electron chi connectivity index (χ2n) is 5.10. The molecular weight excluding hydrogens is 232 g/mol. The summed E-state index contributed by atoms with van der Waals surface area (Å²) in [5.74, 6) is 0.0726. The Bertz CT molecular complexity index is 504. The molecule has 92 valence electrons. The number of nitrogens with one attached hydrogen (secondary N) is 1. The van der Waals surface area contributed by atoms with E-state index in [-0.39, 0.29) is 11.4 Å². The van der Waals surface area contributed by atoms with Crippen LogP contribution in [0.3, 0.4) is 0 Å². The number of carbonyl (C=O) groups is 1. The number of rotatable bonds is 2. The van der Waals surface area contributed by atoms with Crippen molar-refractivity contribution in [3.05, 3.63) is 23.2 Å². The Morgan fingerprint density at radius 2 is 2.18 bits per heavy atom. The molecule has 0 aliphatic rings. The lowest BCUT2D eigenvalue weighted by molar-refractivity contribution is 0.0594. The lowest BCUT2D eigenvalue weighted by atomic mass is 10.1. The van der Waals surface area contributed by atoms with Crippen LogP contribution in [0.15, 0.2) is 17.5 Å². The number of H-pyrrole nitrogens is 1. The molecule has 2 rings (SSSR count). The average Bonchev–Trinajstić information content (AvgIpc) is 2.74. The Kier molecular flexibility index (Phi) is 3.00. The van der Waals surface area contributed by atoms with E-state index in [0.717, 1.165) is 16.8 Å². The van der Waals surface area contributed by atoms with Gasteiger partial charge in [0.15, 0.2) is 0 Å². The maximum absolute atomic E-state index is 12.4. The van der Waals surface area contributed by atoms with Gasteiger partial charge in [-0.05, 0) is 45.2 Å². The molecule has 0 saturated heterocycles. The van der Waals surface area contributed by atoms with Gasteiger partial charge in [0.1, 0.15) is 5.69 Å². The van der Waals surface area contributed by atoms with E-state index in [0.29, 0.717) is 5.69 Å². The van der Waals surface area contributed by atoms with Gasteiger partial charge in [-0.15, -0.1) is 11.3 Å². The topological polar surface area (TPSA) is 36.1 Å². The summed E-state index contributed by atoms with van der Waals surface area (Å²) in [4.78, 5) is 17.4. The standard InChI is InChI=1S/C13H18N2OS/c1-5-15(13(2,3)4)12(16)10-8-11-9(14-10)6-7-17-11/h6-8,14H,5H2,1-4H3. The Morgan fingerprint density at radius 1 is 1.47 bits per heavy atom. The quantitative estimate of drug-likeness (QED) is 0.870. The molecule has 0 fully saturated rings. The third-order valence-electron chi connectivity index (χ3n) is 2.84. The number of hydrogen-bond acceptors (Lipinski definition) is 2. The van der Waals surface area contributed by atoms with Crippen molar-refractivity contribution in [3.8, 4) is 0 Å². The van der Waals surface area contributed by atoms with E-state index in [1.165, 1.54) is 0 Å². The SMILES string of the molecule is CCN(C(=O)c1cc2sccc2[nH]1)C(C)(C)C. The number of thiophene rings is 1. The normalized spacial score (nSPS) is 12.0. The minimum absolute atomic E-state index is 0.0726. The number of fused-ring (bicyclic) bond motifs is 1. The van der Waals surface area contributed by atoms with Crippen molar-refractivity contribution in [1.82, 2.24) is 9.88 Å². The van der Waals surface area contributed by atoms with Gasteiger partial charge in [-0.25, -0.2) is 0 Å². The minimum atomic E-state index is -0.148. The van der Waals surface area contributed by atoms with Gasteiger partial charge in [-0.1, -0.05) is 0 Å². The first kappa shape index (κ1) is 12.2. The third kappa shape index (κ3) is 2.22. The van der Waals surface area contributed by atoms with E-state index >= 15 is 0 Å². The maximum Gasteiger partial charge on any atom is 0.270 e. The molecule has 0 spiro atoms. The predicted molar refractivity (Wildman–Crippen MR) is 72.6 cm³/mol. The second kappa shape index (κ2) is 4.18. The molecule has 4 heteroatoms. The van der Waals surface area contributed by atoms with Gasteiger partial charge in [-0.2, -0.15) is 0 Å². The van der Waals surface area contributed by atoms with E-state index in [4.69, 9.17) is 0 Å². The van der Waals surface area contributed by atoms with Crippen LogP contribution in [-0.4, -0.2) is 27.9 Å². The van der Waals surface area contributed by atoms with Crippen molar-refractivity contribution < 1.29 is 4.79 Å². The number of nitrogens with zero attached hydrogens (tertiary/aromatic N) is 1. The molecular formula is C13H18N2OS. The molecule has 1 N–H and O–H groups in total. The largest absolute Gasteiger partial charge is 0.350 e. The summed E-state index contributed by atoms with van der Waals surface area (Å²) in [5, 5.41) is 2.02. The average molecular weight is 250 g/mol. The molecule has 3 nitrogen and oxygen atoms in total. The van der Waals surface area contributed by atoms with E-state index < -0.39 is 0 Å². The van der Waals surface area contributed by atoms with Crippen molar-refractivity contribution in [1.29, 1.82) is 0 Å². The van der Waals surface area contributed by atoms with Crippen LogP contribution in [0.1, 0.15) is 38.2 Å². The van der Waals surface area contributed by atoms with Crippen LogP contribution in [0, 0.1) is 0 Å². The van der Waals surface area contributed by atoms with Crippen LogP contribution >= 0.6 is 11.3 Å². The van der Waals surface area contributed by atoms with Gasteiger partial charge in [0.05, 0.1) is 10.2 Å². The van der Waals surface area contributed by atoms with Crippen LogP contribution in [0.2, 0.25) is 0 Å². The van der Waals surface area contributed by atoms with Gasteiger partial charge in [-0.3, -0.25) is 4.79 Å². The van der Waals surface area contributed by atoms with Crippen LogP contribution in [-0.2, 0) is 0 Å². The van der Waals surface area contributed by atoms with Crippen molar-refractivity contribution in [2.75, 3.05) is 6.54 Å². The molecule has 0 aromatic carbocycles. The molecule has 1 amide bonds. The van der Waals surface area contributed by atoms with Crippen molar-refractivity contribution in [3.63, 3.8) is 0 Å². The number of aromatic amines is 1. The summed E-state index contributed by atoms with van der Waals surface area (Å²) < 4.78 is 1.14. The minimum Gasteiger partial charge on any atom is -0.350 e. The summed E-state index contributed by atoms with van der Waals surface area (Å²) in [7, 11) is 0. The fraction of sp³-hybridized carbons (Fsp3) is 0.462. The number of amides is 1. The first-order valence-electron chi connectivity index (χ1n) is 5.81. The molecule has 0 bridgehead atoms. The van der Waals surface area contributed by atoms with E-state index in [1.807, 2.05) is 29.3 Å². The number of hydrogen-bond donors (Lipinski definition) is 1. The molecule has 2 aromatic rings. The fourth-order valence-electron chi connectivity index (χ4n) is 2.03. The lowest BCUT2D eigenvalue weighted by Crippen LogP contribution is -2.45. The molecule has 0 saturated carbocycles. The maximum atomic E-state index is 12.4. The van der Waals surface area contributed by atoms with Crippen molar-refractivity contribution in [2.24, 2.45) is 0 Å². The van der Waals surface area contributed by atoms with E-state index in [1.54, 1.807) is 11.3 Å². The molecule has 0 radical (unpaired) electrons. The summed E-state index contributed by atoms with van der Waals surface area (Å²) in [6.07, 6.45) is 0. The predicted octanol–water partition coefficient (Wildman–Crippen LogP) is 3.49. The molecule has 0 atom stereocenters. The fourth-order valence-corrected chi connectivity index (χ4v) is 2.81. The smallest absolute Gasteiger partial charge is 0.270 e. The highest BCUT2D eigenvalue weighted by molar-refractivity contribution is 7.17. The van der Waals surface area contributed by atoms with E-state index in [9.17, 15) is 4.79 Å². The van der Waals surface area contributed by atoms with Gasteiger partial charge in [0.2, 0.25) is 0 Å². The summed E-state index contributed by atoms with van der Waals surface area (Å²) in [5.41, 5.74) is 1.58. The van der Waals surface area contributed by atoms with Crippen LogP contribution in [0.5, 0.6) is 0 Å². The highest BCUT2D eigenvalue weighted by Crippen LogP contribution is 2.23. The first-order valence-corrected chi connectivity index (χ1v) is 6.69. The Morgan fingerprint density at radius 3 is 2.71 bits per heavy atom. The van der Waals surface area contributed by atoms with Crippen LogP contribution < -0.4 is 0 Å². The molecule has 0 aliphatic heterocycles. The number of aromatic nitrogens is 1. The van der Waals surface area contributed by atoms with Gasteiger partial charge >= 0.3 is 0 Å². The van der Waals surface area contributed by atoms with Gasteiger partial charge < -0.3 is 9.88 Å². The summed E-state index contributed by atoms with van der Waals surface area (Å²) in [6.45, 7) is 8.89. The lowest BCUT2D eigenvalue weighted by Gasteiger charge is -2.34. The molecule has 0 aliphatic carbocycles. The van der Waals surface area contributed by atoms with Gasteiger partial charge in [0, 0.05) is 12.1 Å². The van der Waals surface area contributed by atoms with Crippen LogP contribution in [0.4, 0.5) is 0 Å².